The van der Waals surface area contributed by atoms with Crippen molar-refractivity contribution < 1.29 is 4.74 Å². The number of rotatable bonds is 5. The lowest BCUT2D eigenvalue weighted by molar-refractivity contribution is 0.294. The largest absolute Gasteiger partial charge is 0.464 e. The highest BCUT2D eigenvalue weighted by Gasteiger charge is 2.10. The van der Waals surface area contributed by atoms with Crippen LogP contribution in [0.2, 0.25) is 0 Å². The van der Waals surface area contributed by atoms with Gasteiger partial charge in [0.15, 0.2) is 5.82 Å². The lowest BCUT2D eigenvalue weighted by Crippen LogP contribution is -2.06. The first-order chi connectivity index (χ1) is 6.33. The molecule has 0 fully saturated rings. The quantitative estimate of drug-likeness (QED) is 0.686. The van der Waals surface area contributed by atoms with Gasteiger partial charge in [0.05, 0.1) is 12.5 Å². The molecule has 0 aromatic carbocycles. The first kappa shape index (κ1) is 10.3. The molecule has 0 bridgehead atoms. The number of nitrogens with zero attached hydrogens (tertiary/aromatic N) is 3. The minimum absolute atomic E-state index is 0.375. The summed E-state index contributed by atoms with van der Waals surface area (Å²) in [6.45, 7) is 5.47. The highest BCUT2D eigenvalue weighted by molar-refractivity contribution is 6.16. The number of hydrogen-bond acceptors (Lipinski definition) is 3. The van der Waals surface area contributed by atoms with Gasteiger partial charge in [-0.3, -0.25) is 4.57 Å². The van der Waals surface area contributed by atoms with Crippen LogP contribution in [0.15, 0.2) is 0 Å². The summed E-state index contributed by atoms with van der Waals surface area (Å²) in [7, 11) is 0. The first-order valence-electron chi connectivity index (χ1n) is 4.44. The Morgan fingerprint density at radius 3 is 2.69 bits per heavy atom. The van der Waals surface area contributed by atoms with Crippen LogP contribution in [0.5, 0.6) is 6.01 Å². The summed E-state index contributed by atoms with van der Waals surface area (Å²) in [5, 5.41) is 7.83. The molecule has 1 aromatic rings. The molecular weight excluding hydrogens is 190 g/mol. The second-order valence-electron chi connectivity index (χ2n) is 2.62. The molecule has 0 aliphatic carbocycles. The third-order valence-corrected chi connectivity index (χ3v) is 1.87. The molecule has 1 rings (SSSR count). The maximum atomic E-state index is 5.70. The fourth-order valence-corrected chi connectivity index (χ4v) is 1.30. The highest BCUT2D eigenvalue weighted by Crippen LogP contribution is 2.12. The second-order valence-corrected chi connectivity index (χ2v) is 2.88. The number of hydrogen-bond donors (Lipinski definition) is 0. The molecule has 0 radical (unpaired) electrons. The Hall–Kier alpha value is -0.770. The average molecular weight is 204 g/mol. The van der Waals surface area contributed by atoms with Crippen LogP contribution in [0.3, 0.4) is 0 Å². The summed E-state index contributed by atoms with van der Waals surface area (Å²) in [6.07, 6.45) is 1.02. The minimum atomic E-state index is 0.375. The molecule has 0 aliphatic heterocycles. The Morgan fingerprint density at radius 2 is 2.15 bits per heavy atom. The standard InChI is InChI=1S/C8H14ClN3O/c1-3-5-12-7(6-9)10-11-8(12)13-4-2/h3-6H2,1-2H3. The Balaban J connectivity index is 2.85. The van der Waals surface area contributed by atoms with Crippen LogP contribution in [-0.4, -0.2) is 21.4 Å². The highest BCUT2D eigenvalue weighted by atomic mass is 35.5. The van der Waals surface area contributed by atoms with Gasteiger partial charge in [0.2, 0.25) is 0 Å². The predicted molar refractivity (Wildman–Crippen MR) is 51.0 cm³/mol. The van der Waals surface area contributed by atoms with Crippen molar-refractivity contribution in [2.75, 3.05) is 6.61 Å². The van der Waals surface area contributed by atoms with Gasteiger partial charge in [0.25, 0.3) is 0 Å². The zero-order valence-corrected chi connectivity index (χ0v) is 8.71. The van der Waals surface area contributed by atoms with E-state index in [-0.39, 0.29) is 0 Å². The first-order valence-corrected chi connectivity index (χ1v) is 4.97. The summed E-state index contributed by atoms with van der Waals surface area (Å²) in [4.78, 5) is 0. The summed E-state index contributed by atoms with van der Waals surface area (Å²) < 4.78 is 7.22. The molecule has 74 valence electrons. The van der Waals surface area contributed by atoms with Crippen molar-refractivity contribution in [3.05, 3.63) is 5.82 Å². The van der Waals surface area contributed by atoms with E-state index in [1.165, 1.54) is 0 Å². The van der Waals surface area contributed by atoms with Gasteiger partial charge < -0.3 is 4.74 Å². The van der Waals surface area contributed by atoms with E-state index in [4.69, 9.17) is 16.3 Å². The SMILES string of the molecule is CCCn1c(CCl)nnc1OCC. The molecular formula is C8H14ClN3O. The molecule has 13 heavy (non-hydrogen) atoms. The van der Waals surface area contributed by atoms with E-state index in [1.807, 2.05) is 11.5 Å². The van der Waals surface area contributed by atoms with Crippen LogP contribution in [0.4, 0.5) is 0 Å². The van der Waals surface area contributed by atoms with Crippen LogP contribution in [0.25, 0.3) is 0 Å². The van der Waals surface area contributed by atoms with Crippen molar-refractivity contribution in [1.29, 1.82) is 0 Å². The average Bonchev–Trinajstić information content (AvgIpc) is 2.50. The van der Waals surface area contributed by atoms with E-state index in [0.717, 1.165) is 18.8 Å². The third kappa shape index (κ3) is 2.34. The molecule has 0 spiro atoms. The van der Waals surface area contributed by atoms with Crippen LogP contribution < -0.4 is 4.74 Å². The lowest BCUT2D eigenvalue weighted by atomic mass is 10.5. The van der Waals surface area contributed by atoms with E-state index < -0.39 is 0 Å². The second kappa shape index (κ2) is 5.07. The van der Waals surface area contributed by atoms with Crippen LogP contribution >= 0.6 is 11.6 Å². The lowest BCUT2D eigenvalue weighted by Gasteiger charge is -2.06. The summed E-state index contributed by atoms with van der Waals surface area (Å²) in [5.74, 6) is 1.15. The maximum absolute atomic E-state index is 5.70. The van der Waals surface area contributed by atoms with E-state index in [0.29, 0.717) is 18.5 Å². The van der Waals surface area contributed by atoms with Crippen LogP contribution in [-0.2, 0) is 12.4 Å². The van der Waals surface area contributed by atoms with E-state index in [1.54, 1.807) is 0 Å². The molecule has 0 saturated heterocycles. The fourth-order valence-electron chi connectivity index (χ4n) is 1.10. The smallest absolute Gasteiger partial charge is 0.316 e. The zero-order valence-electron chi connectivity index (χ0n) is 7.96. The van der Waals surface area contributed by atoms with Crippen LogP contribution in [0, 0.1) is 0 Å². The third-order valence-electron chi connectivity index (χ3n) is 1.63. The van der Waals surface area contributed by atoms with Gasteiger partial charge in [-0.25, -0.2) is 0 Å². The Morgan fingerprint density at radius 1 is 1.38 bits per heavy atom. The van der Waals surface area contributed by atoms with Crippen LogP contribution in [0.1, 0.15) is 26.1 Å². The molecule has 0 atom stereocenters. The van der Waals surface area contributed by atoms with Gasteiger partial charge >= 0.3 is 6.01 Å². The predicted octanol–water partition coefficient (Wildman–Crippen LogP) is 1.83. The van der Waals surface area contributed by atoms with Crippen molar-refractivity contribution in [2.45, 2.75) is 32.7 Å². The monoisotopic (exact) mass is 203 g/mol. The van der Waals surface area contributed by atoms with Crippen molar-refractivity contribution in [2.24, 2.45) is 0 Å². The molecule has 1 aromatic heterocycles. The van der Waals surface area contributed by atoms with Gasteiger partial charge in [0.1, 0.15) is 0 Å². The molecule has 0 aliphatic rings. The number of alkyl halides is 1. The number of halogens is 1. The van der Waals surface area contributed by atoms with Crippen molar-refractivity contribution in [3.8, 4) is 6.01 Å². The molecule has 0 amide bonds. The van der Waals surface area contributed by atoms with Crippen molar-refractivity contribution >= 4 is 11.6 Å². The molecule has 0 saturated carbocycles. The summed E-state index contributed by atoms with van der Waals surface area (Å²) in [6, 6.07) is 0.569. The van der Waals surface area contributed by atoms with Crippen molar-refractivity contribution in [1.82, 2.24) is 14.8 Å². The topological polar surface area (TPSA) is 39.9 Å². The number of aromatic nitrogens is 3. The maximum Gasteiger partial charge on any atom is 0.316 e. The zero-order chi connectivity index (χ0) is 9.68. The van der Waals surface area contributed by atoms with E-state index in [2.05, 4.69) is 17.1 Å². The van der Waals surface area contributed by atoms with Gasteiger partial charge in [-0.1, -0.05) is 12.0 Å². The van der Waals surface area contributed by atoms with E-state index >= 15 is 0 Å². The molecule has 5 heteroatoms. The summed E-state index contributed by atoms with van der Waals surface area (Å²) in [5.41, 5.74) is 0. The van der Waals surface area contributed by atoms with E-state index in [9.17, 15) is 0 Å². The Kier molecular flexibility index (Phi) is 4.02. The molecule has 1 heterocycles. The normalized spacial score (nSPS) is 10.4. The van der Waals surface area contributed by atoms with Gasteiger partial charge in [-0.05, 0) is 13.3 Å². The Bertz CT molecular complexity index is 262. The Labute approximate surface area is 82.9 Å². The van der Waals surface area contributed by atoms with Gasteiger partial charge in [-0.15, -0.1) is 16.7 Å². The number of ether oxygens (including phenoxy) is 1. The minimum Gasteiger partial charge on any atom is -0.464 e. The molecule has 0 N–H and O–H groups in total. The van der Waals surface area contributed by atoms with Gasteiger partial charge in [0, 0.05) is 6.54 Å². The molecule has 4 nitrogen and oxygen atoms in total. The fraction of sp³-hybridized carbons (Fsp3) is 0.750. The molecule has 0 unspecified atom stereocenters. The van der Waals surface area contributed by atoms with Gasteiger partial charge in [-0.2, -0.15) is 0 Å². The van der Waals surface area contributed by atoms with Crippen molar-refractivity contribution in [3.63, 3.8) is 0 Å². The summed E-state index contributed by atoms with van der Waals surface area (Å²) >= 11 is 5.70.